The van der Waals surface area contributed by atoms with Gasteiger partial charge in [0, 0.05) is 18.0 Å². The molecule has 3 rings (SSSR count). The molecule has 0 aliphatic heterocycles. The molecule has 2 aromatic heterocycles. The molecule has 2 heterocycles. The predicted octanol–water partition coefficient (Wildman–Crippen LogP) is 3.11. The van der Waals surface area contributed by atoms with Gasteiger partial charge in [-0.1, -0.05) is 23.4 Å². The van der Waals surface area contributed by atoms with E-state index in [-0.39, 0.29) is 0 Å². The molecule has 0 saturated carbocycles. The van der Waals surface area contributed by atoms with E-state index in [0.717, 1.165) is 16.9 Å². The van der Waals surface area contributed by atoms with E-state index in [4.69, 9.17) is 9.94 Å². The second-order valence-electron chi connectivity index (χ2n) is 4.70. The van der Waals surface area contributed by atoms with Crippen LogP contribution in [0.1, 0.15) is 18.2 Å². The van der Waals surface area contributed by atoms with E-state index in [9.17, 15) is 0 Å². The van der Waals surface area contributed by atoms with Crippen molar-refractivity contribution < 1.29 is 9.94 Å². The Morgan fingerprint density at radius 1 is 1.29 bits per heavy atom. The number of rotatable bonds is 4. The fourth-order valence-corrected chi connectivity index (χ4v) is 2.08. The molecule has 0 bridgehead atoms. The average molecular weight is 281 g/mol. The standard InChI is InChI=1S/C16H15N3O2/c1-12(18-20)13-5-4-6-15(9-13)21-11-14-10-19-8-3-2-7-16(19)17-14/h2-10,20H,11H2,1H3/b18-12+. The molecule has 106 valence electrons. The summed E-state index contributed by atoms with van der Waals surface area (Å²) in [5.41, 5.74) is 3.13. The van der Waals surface area contributed by atoms with Crippen molar-refractivity contribution in [3.8, 4) is 5.75 Å². The molecule has 5 nitrogen and oxygen atoms in total. The molecule has 1 aromatic carbocycles. The van der Waals surface area contributed by atoms with Gasteiger partial charge in [-0.3, -0.25) is 0 Å². The molecule has 0 aliphatic rings. The molecule has 0 spiro atoms. The number of fused-ring (bicyclic) bond motifs is 1. The Kier molecular flexibility index (Phi) is 3.55. The van der Waals surface area contributed by atoms with Crippen molar-refractivity contribution in [3.63, 3.8) is 0 Å². The van der Waals surface area contributed by atoms with Gasteiger partial charge >= 0.3 is 0 Å². The van der Waals surface area contributed by atoms with Crippen LogP contribution in [0.4, 0.5) is 0 Å². The normalized spacial score (nSPS) is 11.8. The summed E-state index contributed by atoms with van der Waals surface area (Å²) in [5, 5.41) is 12.0. The Hall–Kier alpha value is -2.82. The predicted molar refractivity (Wildman–Crippen MR) is 80.0 cm³/mol. The molecule has 0 fully saturated rings. The van der Waals surface area contributed by atoms with Gasteiger partial charge in [0.15, 0.2) is 0 Å². The van der Waals surface area contributed by atoms with Crippen LogP contribution < -0.4 is 4.74 Å². The van der Waals surface area contributed by atoms with Crippen molar-refractivity contribution in [2.24, 2.45) is 5.16 Å². The highest BCUT2D eigenvalue weighted by atomic mass is 16.5. The van der Waals surface area contributed by atoms with Crippen LogP contribution in [0.5, 0.6) is 5.75 Å². The first-order valence-electron chi connectivity index (χ1n) is 6.61. The third kappa shape index (κ3) is 2.86. The van der Waals surface area contributed by atoms with Gasteiger partial charge in [-0.25, -0.2) is 4.98 Å². The lowest BCUT2D eigenvalue weighted by Crippen LogP contribution is -1.98. The van der Waals surface area contributed by atoms with Crippen LogP contribution in [-0.2, 0) is 6.61 Å². The van der Waals surface area contributed by atoms with Gasteiger partial charge in [-0.15, -0.1) is 0 Å². The summed E-state index contributed by atoms with van der Waals surface area (Å²) in [6.07, 6.45) is 3.90. The maximum Gasteiger partial charge on any atom is 0.137 e. The van der Waals surface area contributed by atoms with E-state index in [0.29, 0.717) is 18.1 Å². The maximum atomic E-state index is 8.80. The van der Waals surface area contributed by atoms with Crippen molar-refractivity contribution >= 4 is 11.4 Å². The summed E-state index contributed by atoms with van der Waals surface area (Å²) >= 11 is 0. The molecule has 0 unspecified atom stereocenters. The fraction of sp³-hybridized carbons (Fsp3) is 0.125. The number of nitrogens with zero attached hydrogens (tertiary/aromatic N) is 3. The smallest absolute Gasteiger partial charge is 0.137 e. The zero-order valence-electron chi connectivity index (χ0n) is 11.6. The first-order chi connectivity index (χ1) is 10.3. The number of ether oxygens (including phenoxy) is 1. The van der Waals surface area contributed by atoms with Crippen LogP contribution in [0.15, 0.2) is 60.0 Å². The molecule has 0 atom stereocenters. The van der Waals surface area contributed by atoms with Crippen molar-refractivity contribution in [2.75, 3.05) is 0 Å². The van der Waals surface area contributed by atoms with Crippen LogP contribution in [-0.4, -0.2) is 20.3 Å². The topological polar surface area (TPSA) is 59.1 Å². The Bertz CT molecular complexity index is 760. The first kappa shape index (κ1) is 13.2. The minimum Gasteiger partial charge on any atom is -0.487 e. The number of aromatic nitrogens is 2. The number of benzene rings is 1. The van der Waals surface area contributed by atoms with E-state index < -0.39 is 0 Å². The Morgan fingerprint density at radius 2 is 2.19 bits per heavy atom. The molecule has 5 heteroatoms. The van der Waals surface area contributed by atoms with Crippen LogP contribution >= 0.6 is 0 Å². The monoisotopic (exact) mass is 281 g/mol. The van der Waals surface area contributed by atoms with Gasteiger partial charge in [0.25, 0.3) is 0 Å². The van der Waals surface area contributed by atoms with Crippen LogP contribution in [0.25, 0.3) is 5.65 Å². The van der Waals surface area contributed by atoms with Crippen LogP contribution in [0.3, 0.4) is 0 Å². The molecule has 0 aliphatic carbocycles. The highest BCUT2D eigenvalue weighted by Gasteiger charge is 2.04. The molecule has 21 heavy (non-hydrogen) atoms. The summed E-state index contributed by atoms with van der Waals surface area (Å²) in [6, 6.07) is 13.3. The molecular formula is C16H15N3O2. The summed E-state index contributed by atoms with van der Waals surface area (Å²) in [5.74, 6) is 0.715. The lowest BCUT2D eigenvalue weighted by Gasteiger charge is -2.06. The summed E-state index contributed by atoms with van der Waals surface area (Å²) < 4.78 is 7.70. The minimum atomic E-state index is 0.389. The highest BCUT2D eigenvalue weighted by Crippen LogP contribution is 2.16. The Morgan fingerprint density at radius 3 is 3.00 bits per heavy atom. The van der Waals surface area contributed by atoms with Gasteiger partial charge < -0.3 is 14.3 Å². The maximum absolute atomic E-state index is 8.80. The number of hydrogen-bond acceptors (Lipinski definition) is 4. The van der Waals surface area contributed by atoms with Gasteiger partial charge in [-0.2, -0.15) is 0 Å². The molecule has 0 amide bonds. The van der Waals surface area contributed by atoms with E-state index in [1.807, 2.05) is 59.3 Å². The number of oxime groups is 1. The second kappa shape index (κ2) is 5.66. The third-order valence-corrected chi connectivity index (χ3v) is 3.20. The minimum absolute atomic E-state index is 0.389. The average Bonchev–Trinajstić information content (AvgIpc) is 2.95. The van der Waals surface area contributed by atoms with E-state index in [1.54, 1.807) is 6.92 Å². The van der Waals surface area contributed by atoms with Crippen LogP contribution in [0, 0.1) is 0 Å². The van der Waals surface area contributed by atoms with Gasteiger partial charge in [0.05, 0.1) is 11.4 Å². The van der Waals surface area contributed by atoms with Gasteiger partial charge in [0.2, 0.25) is 0 Å². The molecule has 0 saturated heterocycles. The molecule has 3 aromatic rings. The zero-order chi connectivity index (χ0) is 14.7. The van der Waals surface area contributed by atoms with Crippen molar-refractivity contribution in [2.45, 2.75) is 13.5 Å². The number of imidazole rings is 1. The number of hydrogen-bond donors (Lipinski definition) is 1. The summed E-state index contributed by atoms with van der Waals surface area (Å²) in [4.78, 5) is 4.48. The Labute approximate surface area is 122 Å². The quantitative estimate of drug-likeness (QED) is 0.454. The third-order valence-electron chi connectivity index (χ3n) is 3.20. The van der Waals surface area contributed by atoms with E-state index in [1.165, 1.54) is 0 Å². The highest BCUT2D eigenvalue weighted by molar-refractivity contribution is 5.98. The van der Waals surface area contributed by atoms with E-state index >= 15 is 0 Å². The second-order valence-corrected chi connectivity index (χ2v) is 4.70. The first-order valence-corrected chi connectivity index (χ1v) is 6.61. The molecule has 0 radical (unpaired) electrons. The summed E-state index contributed by atoms with van der Waals surface area (Å²) in [6.45, 7) is 2.13. The lowest BCUT2D eigenvalue weighted by atomic mass is 10.1. The number of pyridine rings is 1. The SMILES string of the molecule is C/C(=N\O)c1cccc(OCc2cn3ccccc3n2)c1. The molecular weight excluding hydrogens is 266 g/mol. The van der Waals surface area contributed by atoms with Gasteiger partial charge in [0.1, 0.15) is 18.0 Å². The fourth-order valence-electron chi connectivity index (χ4n) is 2.08. The zero-order valence-corrected chi connectivity index (χ0v) is 11.6. The van der Waals surface area contributed by atoms with Crippen molar-refractivity contribution in [1.29, 1.82) is 0 Å². The van der Waals surface area contributed by atoms with Crippen molar-refractivity contribution in [3.05, 3.63) is 66.1 Å². The summed E-state index contributed by atoms with van der Waals surface area (Å²) in [7, 11) is 0. The lowest BCUT2D eigenvalue weighted by molar-refractivity contribution is 0.302. The van der Waals surface area contributed by atoms with Crippen molar-refractivity contribution in [1.82, 2.24) is 9.38 Å². The molecule has 1 N–H and O–H groups in total. The van der Waals surface area contributed by atoms with Crippen LogP contribution in [0.2, 0.25) is 0 Å². The largest absolute Gasteiger partial charge is 0.487 e. The van der Waals surface area contributed by atoms with Gasteiger partial charge in [-0.05, 0) is 31.2 Å². The van der Waals surface area contributed by atoms with E-state index in [2.05, 4.69) is 10.1 Å². The Balaban J connectivity index is 1.75.